The van der Waals surface area contributed by atoms with E-state index in [1.54, 1.807) is 24.3 Å². The van der Waals surface area contributed by atoms with Crippen molar-refractivity contribution >= 4 is 22.6 Å². The second-order valence-electron chi connectivity index (χ2n) is 3.92. The summed E-state index contributed by atoms with van der Waals surface area (Å²) < 4.78 is 1.40. The van der Waals surface area contributed by atoms with Crippen LogP contribution < -0.4 is 5.69 Å². The maximum Gasteiger partial charge on any atom is 0.331 e. The Hall–Kier alpha value is -2.20. The van der Waals surface area contributed by atoms with Crippen molar-refractivity contribution < 1.29 is 5.11 Å². The molecule has 18 heavy (non-hydrogen) atoms. The van der Waals surface area contributed by atoms with Crippen molar-refractivity contribution in [2.45, 2.75) is 0 Å². The first-order valence-electron chi connectivity index (χ1n) is 5.35. The molecule has 0 spiro atoms. The molecule has 0 saturated heterocycles. The highest BCUT2D eigenvalue weighted by Crippen LogP contribution is 2.26. The second-order valence-corrected chi connectivity index (χ2v) is 4.35. The number of nitrogens with zero attached hydrogens (tertiary/aromatic N) is 1. The van der Waals surface area contributed by atoms with Crippen LogP contribution in [0.3, 0.4) is 0 Å². The van der Waals surface area contributed by atoms with Crippen LogP contribution in [-0.4, -0.2) is 14.7 Å². The van der Waals surface area contributed by atoms with E-state index in [0.29, 0.717) is 21.7 Å². The van der Waals surface area contributed by atoms with E-state index >= 15 is 0 Å². The molecule has 0 fully saturated rings. The standard InChI is InChI=1S/C13H9ClN2O2/c14-8-5-6-12(17)11(7-8)16-10-4-2-1-3-9(10)15-13(16)18/h1-7,17H,(H,15,18). The van der Waals surface area contributed by atoms with Crippen molar-refractivity contribution in [1.29, 1.82) is 0 Å². The first kappa shape index (κ1) is 10.9. The van der Waals surface area contributed by atoms with Crippen molar-refractivity contribution in [3.8, 4) is 11.4 Å². The number of fused-ring (bicyclic) bond motifs is 1. The summed E-state index contributed by atoms with van der Waals surface area (Å²) in [5.41, 5.74) is 1.46. The Kier molecular flexibility index (Phi) is 2.38. The molecule has 3 rings (SSSR count). The third-order valence-electron chi connectivity index (χ3n) is 2.77. The van der Waals surface area contributed by atoms with Gasteiger partial charge in [0.05, 0.1) is 16.7 Å². The molecule has 0 bridgehead atoms. The SMILES string of the molecule is O=c1[nH]c2ccccc2n1-c1cc(Cl)ccc1O. The normalized spacial score (nSPS) is 10.9. The van der Waals surface area contributed by atoms with Crippen molar-refractivity contribution in [2.75, 3.05) is 0 Å². The number of aromatic nitrogens is 2. The van der Waals surface area contributed by atoms with Gasteiger partial charge in [0.15, 0.2) is 0 Å². The Morgan fingerprint density at radius 3 is 2.78 bits per heavy atom. The van der Waals surface area contributed by atoms with Crippen molar-refractivity contribution in [2.24, 2.45) is 0 Å². The van der Waals surface area contributed by atoms with E-state index in [4.69, 9.17) is 11.6 Å². The van der Waals surface area contributed by atoms with E-state index in [2.05, 4.69) is 4.98 Å². The van der Waals surface area contributed by atoms with Crippen LogP contribution in [0.5, 0.6) is 5.75 Å². The number of halogens is 1. The van der Waals surface area contributed by atoms with Crippen molar-refractivity contribution in [3.05, 3.63) is 58.0 Å². The first-order valence-corrected chi connectivity index (χ1v) is 5.73. The molecular weight excluding hydrogens is 252 g/mol. The van der Waals surface area contributed by atoms with Gasteiger partial charge in [-0.15, -0.1) is 0 Å². The van der Waals surface area contributed by atoms with Gasteiger partial charge in [-0.05, 0) is 30.3 Å². The van der Waals surface area contributed by atoms with E-state index in [0.717, 1.165) is 0 Å². The van der Waals surface area contributed by atoms with Gasteiger partial charge in [0.1, 0.15) is 5.75 Å². The molecule has 3 aromatic rings. The topological polar surface area (TPSA) is 58.0 Å². The fraction of sp³-hybridized carbons (Fsp3) is 0. The molecule has 4 nitrogen and oxygen atoms in total. The third kappa shape index (κ3) is 1.58. The van der Waals surface area contributed by atoms with Gasteiger partial charge in [0, 0.05) is 5.02 Å². The zero-order valence-electron chi connectivity index (χ0n) is 9.22. The van der Waals surface area contributed by atoms with Gasteiger partial charge >= 0.3 is 5.69 Å². The molecular formula is C13H9ClN2O2. The summed E-state index contributed by atoms with van der Waals surface area (Å²) in [6.07, 6.45) is 0. The summed E-state index contributed by atoms with van der Waals surface area (Å²) in [5, 5.41) is 10.3. The Morgan fingerprint density at radius 2 is 1.94 bits per heavy atom. The number of hydrogen-bond donors (Lipinski definition) is 2. The van der Waals surface area contributed by atoms with E-state index in [1.165, 1.54) is 10.6 Å². The summed E-state index contributed by atoms with van der Waals surface area (Å²) in [6, 6.07) is 11.8. The van der Waals surface area contributed by atoms with E-state index in [-0.39, 0.29) is 11.4 Å². The van der Waals surface area contributed by atoms with Gasteiger partial charge in [-0.1, -0.05) is 23.7 Å². The van der Waals surface area contributed by atoms with Crippen molar-refractivity contribution in [1.82, 2.24) is 9.55 Å². The summed E-state index contributed by atoms with van der Waals surface area (Å²) in [7, 11) is 0. The third-order valence-corrected chi connectivity index (χ3v) is 3.00. The quantitative estimate of drug-likeness (QED) is 0.707. The van der Waals surface area contributed by atoms with Gasteiger partial charge in [0.2, 0.25) is 0 Å². The molecule has 0 aliphatic carbocycles. The maximum absolute atomic E-state index is 12.0. The number of phenols is 1. The zero-order valence-corrected chi connectivity index (χ0v) is 9.98. The average Bonchev–Trinajstić information content (AvgIpc) is 2.68. The molecule has 0 aliphatic rings. The Morgan fingerprint density at radius 1 is 1.17 bits per heavy atom. The lowest BCUT2D eigenvalue weighted by Gasteiger charge is -2.06. The van der Waals surface area contributed by atoms with Crippen LogP contribution in [0.25, 0.3) is 16.7 Å². The zero-order chi connectivity index (χ0) is 12.7. The summed E-state index contributed by atoms with van der Waals surface area (Å²) in [6.45, 7) is 0. The van der Waals surface area contributed by atoms with Gasteiger partial charge in [-0.25, -0.2) is 4.79 Å². The molecule has 0 amide bonds. The largest absolute Gasteiger partial charge is 0.506 e. The van der Waals surface area contributed by atoms with Crippen LogP contribution in [-0.2, 0) is 0 Å². The Balaban J connectivity index is 2.41. The molecule has 0 atom stereocenters. The number of H-pyrrole nitrogens is 1. The van der Waals surface area contributed by atoms with Gasteiger partial charge in [0.25, 0.3) is 0 Å². The lowest BCUT2D eigenvalue weighted by Crippen LogP contribution is -2.14. The molecule has 0 unspecified atom stereocenters. The minimum absolute atomic E-state index is 0.00579. The number of nitrogens with one attached hydrogen (secondary N) is 1. The van der Waals surface area contributed by atoms with Gasteiger partial charge < -0.3 is 10.1 Å². The lowest BCUT2D eigenvalue weighted by atomic mass is 10.2. The minimum Gasteiger partial charge on any atom is -0.506 e. The highest BCUT2D eigenvalue weighted by atomic mass is 35.5. The van der Waals surface area contributed by atoms with Gasteiger partial charge in [-0.2, -0.15) is 0 Å². The van der Waals surface area contributed by atoms with E-state index in [1.807, 2.05) is 12.1 Å². The number of aromatic amines is 1. The molecule has 0 saturated carbocycles. The molecule has 0 aliphatic heterocycles. The van der Waals surface area contributed by atoms with E-state index < -0.39 is 0 Å². The monoisotopic (exact) mass is 260 g/mol. The highest BCUT2D eigenvalue weighted by Gasteiger charge is 2.11. The molecule has 1 heterocycles. The predicted octanol–water partition coefficient (Wildman–Crippen LogP) is 2.68. The average molecular weight is 261 g/mol. The molecule has 5 heteroatoms. The smallest absolute Gasteiger partial charge is 0.331 e. The molecule has 1 aromatic heterocycles. The Bertz CT molecular complexity index is 789. The number of phenolic OH excluding ortho intramolecular Hbond substituents is 1. The number of imidazole rings is 1. The number of para-hydroxylation sites is 2. The van der Waals surface area contributed by atoms with Gasteiger partial charge in [-0.3, -0.25) is 4.57 Å². The van der Waals surface area contributed by atoms with Crippen LogP contribution >= 0.6 is 11.6 Å². The maximum atomic E-state index is 12.0. The number of hydrogen-bond acceptors (Lipinski definition) is 2. The summed E-state index contributed by atoms with van der Waals surface area (Å²) in [5.74, 6) is 0.00579. The number of aromatic hydroxyl groups is 1. The molecule has 2 N–H and O–H groups in total. The highest BCUT2D eigenvalue weighted by molar-refractivity contribution is 6.30. The van der Waals surface area contributed by atoms with Crippen LogP contribution in [0.2, 0.25) is 5.02 Å². The van der Waals surface area contributed by atoms with Crippen LogP contribution in [0.4, 0.5) is 0 Å². The van der Waals surface area contributed by atoms with E-state index in [9.17, 15) is 9.90 Å². The second kappa shape index (κ2) is 3.92. The van der Waals surface area contributed by atoms with Crippen LogP contribution in [0, 0.1) is 0 Å². The van der Waals surface area contributed by atoms with Crippen LogP contribution in [0.1, 0.15) is 0 Å². The van der Waals surface area contributed by atoms with Crippen LogP contribution in [0.15, 0.2) is 47.3 Å². The summed E-state index contributed by atoms with van der Waals surface area (Å²) in [4.78, 5) is 14.7. The van der Waals surface area contributed by atoms with Crippen molar-refractivity contribution in [3.63, 3.8) is 0 Å². The fourth-order valence-electron chi connectivity index (χ4n) is 1.97. The molecule has 0 radical (unpaired) electrons. The Labute approximate surface area is 107 Å². The molecule has 90 valence electrons. The fourth-order valence-corrected chi connectivity index (χ4v) is 2.14. The summed E-state index contributed by atoms with van der Waals surface area (Å²) >= 11 is 5.90. The number of benzene rings is 2. The number of rotatable bonds is 1. The minimum atomic E-state index is -0.311. The first-order chi connectivity index (χ1) is 8.66. The lowest BCUT2D eigenvalue weighted by molar-refractivity contribution is 0.472. The molecule has 2 aromatic carbocycles. The predicted molar refractivity (Wildman–Crippen MR) is 70.6 cm³/mol.